The number of terminal acetylenes is 1. The summed E-state index contributed by atoms with van der Waals surface area (Å²) in [5.41, 5.74) is 4.66. The summed E-state index contributed by atoms with van der Waals surface area (Å²) in [5.74, 6) is 2.63. The molecule has 1 aliphatic rings. The van der Waals surface area contributed by atoms with Crippen LogP contribution in [0.5, 0.6) is 0 Å². The Labute approximate surface area is 250 Å². The predicted molar refractivity (Wildman–Crippen MR) is 161 cm³/mol. The summed E-state index contributed by atoms with van der Waals surface area (Å²) in [6, 6.07) is 20.1. The quantitative estimate of drug-likeness (QED) is 0.138. The fourth-order valence-electron chi connectivity index (χ4n) is 5.72. The molecule has 4 aromatic rings. The van der Waals surface area contributed by atoms with Crippen LogP contribution in [0.4, 0.5) is 15.0 Å². The van der Waals surface area contributed by atoms with Crippen molar-refractivity contribution in [2.24, 2.45) is 0 Å². The highest BCUT2D eigenvalue weighted by molar-refractivity contribution is 6.99. The Balaban J connectivity index is 1.59. The highest BCUT2D eigenvalue weighted by Crippen LogP contribution is 2.43. The predicted octanol–water partition coefficient (Wildman–Crippen LogP) is 3.96. The average molecular weight is 604 g/mol. The van der Waals surface area contributed by atoms with Gasteiger partial charge in [0, 0.05) is 6.42 Å². The summed E-state index contributed by atoms with van der Waals surface area (Å²) in [4.78, 5) is 24.3. The van der Waals surface area contributed by atoms with Crippen molar-refractivity contribution in [1.82, 2.24) is 19.5 Å². The second-order valence-corrected chi connectivity index (χ2v) is 15.6. The van der Waals surface area contributed by atoms with E-state index in [1.54, 1.807) is 6.92 Å². The van der Waals surface area contributed by atoms with Crippen molar-refractivity contribution in [3.63, 3.8) is 0 Å². The van der Waals surface area contributed by atoms with Gasteiger partial charge in [-0.3, -0.25) is 4.57 Å². The minimum atomic E-state index is -3.06. The van der Waals surface area contributed by atoms with Crippen molar-refractivity contribution in [2.45, 2.75) is 57.1 Å². The molecule has 10 nitrogen and oxygen atoms in total. The maximum absolute atomic E-state index is 14.2. The first-order chi connectivity index (χ1) is 20.5. The Kier molecular flexibility index (Phi) is 8.24. The van der Waals surface area contributed by atoms with E-state index in [9.17, 15) is 9.18 Å². The van der Waals surface area contributed by atoms with Gasteiger partial charge >= 0.3 is 12.2 Å². The molecule has 0 aliphatic carbocycles. The van der Waals surface area contributed by atoms with Crippen LogP contribution in [0.2, 0.25) is 5.04 Å². The van der Waals surface area contributed by atoms with Crippen LogP contribution in [0.15, 0.2) is 67.0 Å². The summed E-state index contributed by atoms with van der Waals surface area (Å²) < 4.78 is 40.1. The van der Waals surface area contributed by atoms with Crippen LogP contribution in [0.25, 0.3) is 11.2 Å². The molecular weight excluding hydrogens is 569 g/mol. The number of hydrogen-bond acceptors (Lipinski definition) is 9. The number of nitrogens with two attached hydrogens (primary N) is 1. The third-order valence-electron chi connectivity index (χ3n) is 7.68. The van der Waals surface area contributed by atoms with Gasteiger partial charge in [0.1, 0.15) is 6.23 Å². The van der Waals surface area contributed by atoms with Gasteiger partial charge in [0.05, 0.1) is 19.5 Å². The monoisotopic (exact) mass is 603 g/mol. The summed E-state index contributed by atoms with van der Waals surface area (Å²) in [6.45, 7) is 8.09. The normalized spacial score (nSPS) is 20.6. The molecule has 1 fully saturated rings. The fraction of sp³-hybridized carbons (Fsp3) is 0.355. The van der Waals surface area contributed by atoms with E-state index in [1.165, 1.54) is 10.9 Å². The molecule has 2 aromatic heterocycles. The smallest absolute Gasteiger partial charge is 0.435 e. The lowest BCUT2D eigenvalue weighted by Gasteiger charge is -2.44. The molecule has 3 atom stereocenters. The zero-order valence-electron chi connectivity index (χ0n) is 24.5. The van der Waals surface area contributed by atoms with Crippen molar-refractivity contribution >= 4 is 41.8 Å². The molecule has 0 unspecified atom stereocenters. The van der Waals surface area contributed by atoms with Gasteiger partial charge in [0.25, 0.3) is 8.32 Å². The lowest BCUT2D eigenvalue weighted by Crippen LogP contribution is -2.68. The van der Waals surface area contributed by atoms with Gasteiger partial charge in [0.2, 0.25) is 0 Å². The van der Waals surface area contributed by atoms with Gasteiger partial charge in [0.15, 0.2) is 28.7 Å². The molecule has 5 rings (SSSR count). The minimum Gasteiger partial charge on any atom is -0.435 e. The fourth-order valence-corrected chi connectivity index (χ4v) is 10.3. The molecular formula is C31H34FN5O5Si. The van der Waals surface area contributed by atoms with Gasteiger partial charge in [-0.05, 0) is 22.3 Å². The molecule has 1 aliphatic heterocycles. The zero-order valence-corrected chi connectivity index (χ0v) is 25.5. The van der Waals surface area contributed by atoms with Gasteiger partial charge in [-0.25, -0.2) is 9.78 Å². The van der Waals surface area contributed by atoms with E-state index in [0.29, 0.717) is 0 Å². The van der Waals surface area contributed by atoms with Crippen molar-refractivity contribution in [1.29, 1.82) is 0 Å². The standard InChI is InChI=1S/C31H34FN5O5Si/c1-6-31(19-40-43(30(3,4)5,21-14-10-8-11-15-21)22-16-12-9-13-17-22)23(41-29(38)39-7-2)18-24(42-31)37-20-34-25-26(33)35-28(32)36-27(25)37/h1,8-17,20,23-24H,7,18-19H2,2-5H3,(H2,33,35,36)/t23-,24+,31+/m0/s1. The van der Waals surface area contributed by atoms with Crippen LogP contribution in [0, 0.1) is 18.4 Å². The van der Waals surface area contributed by atoms with Crippen LogP contribution in [0.3, 0.4) is 0 Å². The number of benzene rings is 2. The van der Waals surface area contributed by atoms with Crippen LogP contribution < -0.4 is 16.1 Å². The number of nitrogens with zero attached hydrogens (tertiary/aromatic N) is 4. The second-order valence-electron chi connectivity index (χ2n) is 11.3. The number of anilines is 1. The molecule has 43 heavy (non-hydrogen) atoms. The number of carbonyl (C=O) groups is 1. The van der Waals surface area contributed by atoms with Gasteiger partial charge in [-0.1, -0.05) is 87.4 Å². The molecule has 0 saturated carbocycles. The van der Waals surface area contributed by atoms with E-state index in [1.807, 2.05) is 36.4 Å². The van der Waals surface area contributed by atoms with Gasteiger partial charge < -0.3 is 24.4 Å². The number of carbonyl (C=O) groups excluding carboxylic acids is 1. The number of ether oxygens (including phenoxy) is 3. The molecule has 12 heteroatoms. The molecule has 2 N–H and O–H groups in total. The van der Waals surface area contributed by atoms with E-state index in [4.69, 9.17) is 30.8 Å². The lowest BCUT2D eigenvalue weighted by atomic mass is 9.99. The van der Waals surface area contributed by atoms with Crippen LogP contribution in [-0.4, -0.2) is 58.9 Å². The molecule has 1 saturated heterocycles. The van der Waals surface area contributed by atoms with Crippen molar-refractivity contribution < 1.29 is 27.8 Å². The first kappa shape index (κ1) is 30.2. The highest BCUT2D eigenvalue weighted by Gasteiger charge is 2.56. The van der Waals surface area contributed by atoms with Crippen LogP contribution in [-0.2, 0) is 18.6 Å². The number of aromatic nitrogens is 4. The molecule has 0 radical (unpaired) electrons. The summed E-state index contributed by atoms with van der Waals surface area (Å²) in [7, 11) is -3.06. The number of hydrogen-bond donors (Lipinski definition) is 1. The largest absolute Gasteiger partial charge is 0.508 e. The molecule has 0 bridgehead atoms. The lowest BCUT2D eigenvalue weighted by molar-refractivity contribution is -0.0942. The third-order valence-corrected chi connectivity index (χ3v) is 12.7. The number of fused-ring (bicyclic) bond motifs is 1. The number of imidazole rings is 1. The summed E-state index contributed by atoms with van der Waals surface area (Å²) in [6.07, 6.45) is 3.96. The first-order valence-electron chi connectivity index (χ1n) is 13.9. The molecule has 224 valence electrons. The molecule has 3 heterocycles. The van der Waals surface area contributed by atoms with Gasteiger partial charge in [-0.2, -0.15) is 14.4 Å². The summed E-state index contributed by atoms with van der Waals surface area (Å²) in [5, 5.41) is 1.73. The van der Waals surface area contributed by atoms with Gasteiger partial charge in [-0.15, -0.1) is 6.42 Å². The van der Waals surface area contributed by atoms with E-state index in [0.717, 1.165) is 10.4 Å². The molecule has 0 spiro atoms. The SMILES string of the molecule is C#C[C@]1(CO[Si](c2ccccc2)(c2ccccc2)C(C)(C)C)O[C@@H](n2cnc3c(N)nc(F)nc32)C[C@@H]1OC(=O)OCC. The number of halogens is 1. The van der Waals surface area contributed by atoms with Crippen molar-refractivity contribution in [3.05, 3.63) is 73.1 Å². The topological polar surface area (TPSA) is 124 Å². The Hall–Kier alpha value is -4.31. The Morgan fingerprint density at radius 3 is 2.35 bits per heavy atom. The van der Waals surface area contributed by atoms with Crippen LogP contribution >= 0.6 is 0 Å². The number of nitrogen functional groups attached to an aromatic ring is 1. The van der Waals surface area contributed by atoms with Crippen molar-refractivity contribution in [3.8, 4) is 12.3 Å². The van der Waals surface area contributed by atoms with E-state index in [-0.39, 0.29) is 41.7 Å². The molecule has 2 aromatic carbocycles. The number of rotatable bonds is 8. The van der Waals surface area contributed by atoms with E-state index < -0.39 is 38.5 Å². The van der Waals surface area contributed by atoms with Crippen LogP contribution in [0.1, 0.15) is 40.3 Å². The Morgan fingerprint density at radius 1 is 1.16 bits per heavy atom. The Bertz CT molecular complexity index is 1600. The Morgan fingerprint density at radius 2 is 1.79 bits per heavy atom. The highest BCUT2D eigenvalue weighted by atomic mass is 28.4. The molecule has 0 amide bonds. The van der Waals surface area contributed by atoms with E-state index in [2.05, 4.69) is 65.9 Å². The second kappa shape index (κ2) is 11.8. The maximum atomic E-state index is 14.2. The summed E-state index contributed by atoms with van der Waals surface area (Å²) >= 11 is 0. The minimum absolute atomic E-state index is 0.0874. The zero-order chi connectivity index (χ0) is 30.8. The van der Waals surface area contributed by atoms with E-state index >= 15 is 0 Å². The first-order valence-corrected chi connectivity index (χ1v) is 15.8. The maximum Gasteiger partial charge on any atom is 0.508 e. The third kappa shape index (κ3) is 5.47. The van der Waals surface area contributed by atoms with Crippen molar-refractivity contribution in [2.75, 3.05) is 18.9 Å². The average Bonchev–Trinajstić information content (AvgIpc) is 3.56.